The lowest BCUT2D eigenvalue weighted by Gasteiger charge is -2.34. The van der Waals surface area contributed by atoms with Gasteiger partial charge in [0.05, 0.1) is 0 Å². The van der Waals surface area contributed by atoms with Gasteiger partial charge in [0, 0.05) is 58.0 Å². The lowest BCUT2D eigenvalue weighted by molar-refractivity contribution is 0.548. The van der Waals surface area contributed by atoms with Crippen molar-refractivity contribution in [3.63, 3.8) is 0 Å². The van der Waals surface area contributed by atoms with E-state index in [1.54, 1.807) is 0 Å². The number of allylic oxidation sites excluding steroid dienone is 1. The summed E-state index contributed by atoms with van der Waals surface area (Å²) in [5.74, 6) is 0.382. The Bertz CT molecular complexity index is 3030. The van der Waals surface area contributed by atoms with E-state index >= 15 is 0 Å². The summed E-state index contributed by atoms with van der Waals surface area (Å²) in [7, 11) is 0. The Hall–Kier alpha value is -8.14. The van der Waals surface area contributed by atoms with E-state index in [0.29, 0.717) is 12.0 Å². The number of hydrogen-bond acceptors (Lipinski definition) is 3. The number of benzene rings is 9. The zero-order valence-electron chi connectivity index (χ0n) is 36.2. The third kappa shape index (κ3) is 8.17. The van der Waals surface area contributed by atoms with E-state index in [1.165, 1.54) is 50.2 Å². The summed E-state index contributed by atoms with van der Waals surface area (Å²) >= 11 is 0. The summed E-state index contributed by atoms with van der Waals surface area (Å²) < 4.78 is 0. The molecule has 1 aliphatic heterocycles. The molecule has 0 N–H and O–H groups in total. The molecule has 9 aromatic rings. The van der Waals surface area contributed by atoms with Crippen molar-refractivity contribution in [3.8, 4) is 33.4 Å². The first-order valence-electron chi connectivity index (χ1n) is 22.7. The molecule has 2 unspecified atom stereocenters. The monoisotopic (exact) mass is 835 g/mol. The molecule has 3 heteroatoms. The number of para-hydroxylation sites is 3. The van der Waals surface area contributed by atoms with E-state index in [4.69, 9.17) is 0 Å². The summed E-state index contributed by atoms with van der Waals surface area (Å²) in [5.41, 5.74) is 17.9. The van der Waals surface area contributed by atoms with Crippen molar-refractivity contribution >= 4 is 45.4 Å². The second-order valence-corrected chi connectivity index (χ2v) is 16.9. The highest BCUT2D eigenvalue weighted by molar-refractivity contribution is 5.83. The SMILES string of the molecule is C1=CN(c2ccccc2)C2CCC=C(c3ccc(N(c4ccccc4)c4ccc(-c5ccc(-c6ccc(N(c7ccccc7)c7ccc(-c8ccccc8)cc7)cc6)cc5)cc4)cc3)C12. The lowest BCUT2D eigenvalue weighted by atomic mass is 9.81. The molecule has 9 aromatic carbocycles. The van der Waals surface area contributed by atoms with Crippen molar-refractivity contribution in [1.29, 1.82) is 0 Å². The molecule has 0 aromatic heterocycles. The molecule has 0 saturated carbocycles. The topological polar surface area (TPSA) is 9.72 Å². The molecular weight excluding hydrogens is 787 g/mol. The van der Waals surface area contributed by atoms with E-state index < -0.39 is 0 Å². The Balaban J connectivity index is 0.809. The van der Waals surface area contributed by atoms with Gasteiger partial charge in [0.1, 0.15) is 0 Å². The fraction of sp³-hybridized carbons (Fsp3) is 0.0645. The van der Waals surface area contributed by atoms with Gasteiger partial charge in [-0.05, 0) is 142 Å². The lowest BCUT2D eigenvalue weighted by Crippen LogP contribution is -2.34. The molecule has 0 saturated heterocycles. The molecule has 2 aliphatic rings. The normalized spacial score (nSPS) is 15.3. The van der Waals surface area contributed by atoms with Crippen LogP contribution in [0.1, 0.15) is 18.4 Å². The van der Waals surface area contributed by atoms with Crippen molar-refractivity contribution in [2.24, 2.45) is 5.92 Å². The maximum Gasteiger partial charge on any atom is 0.0462 e. The number of nitrogens with zero attached hydrogens (tertiary/aromatic N) is 3. The molecule has 0 spiro atoms. The van der Waals surface area contributed by atoms with Gasteiger partial charge in [0.15, 0.2) is 0 Å². The van der Waals surface area contributed by atoms with Crippen molar-refractivity contribution in [2.75, 3.05) is 14.7 Å². The van der Waals surface area contributed by atoms with Crippen LogP contribution >= 0.6 is 0 Å². The van der Waals surface area contributed by atoms with E-state index in [9.17, 15) is 0 Å². The number of rotatable bonds is 11. The Labute approximate surface area is 383 Å². The van der Waals surface area contributed by atoms with Crippen LogP contribution in [0.5, 0.6) is 0 Å². The van der Waals surface area contributed by atoms with Crippen LogP contribution in [0.15, 0.2) is 261 Å². The largest absolute Gasteiger partial charge is 0.344 e. The van der Waals surface area contributed by atoms with Gasteiger partial charge < -0.3 is 14.7 Å². The van der Waals surface area contributed by atoms with Gasteiger partial charge in [-0.3, -0.25) is 0 Å². The smallest absolute Gasteiger partial charge is 0.0462 e. The highest BCUT2D eigenvalue weighted by Gasteiger charge is 2.35. The Kier molecular flexibility index (Phi) is 10.9. The van der Waals surface area contributed by atoms with Crippen molar-refractivity contribution in [1.82, 2.24) is 0 Å². The van der Waals surface area contributed by atoms with Crippen LogP contribution in [-0.4, -0.2) is 6.04 Å². The van der Waals surface area contributed by atoms with E-state index in [1.807, 2.05) is 0 Å². The minimum absolute atomic E-state index is 0.382. The van der Waals surface area contributed by atoms with Crippen LogP contribution in [-0.2, 0) is 0 Å². The van der Waals surface area contributed by atoms with Gasteiger partial charge in [-0.25, -0.2) is 0 Å². The van der Waals surface area contributed by atoms with E-state index in [2.05, 4.69) is 276 Å². The fourth-order valence-electron chi connectivity index (χ4n) is 9.71. The zero-order valence-corrected chi connectivity index (χ0v) is 36.2. The second kappa shape index (κ2) is 17.9. The van der Waals surface area contributed by atoms with Crippen LogP contribution in [0, 0.1) is 5.92 Å². The molecule has 1 aliphatic carbocycles. The molecule has 2 atom stereocenters. The van der Waals surface area contributed by atoms with Gasteiger partial charge in [-0.2, -0.15) is 0 Å². The standard InChI is InChI=1S/C62H49N3/c1-5-14-46(15-6-1)49-28-36-56(37-29-49)64(54-18-9-3-10-19-54)57-38-30-50(31-39-57)47-24-26-48(27-25-47)51-32-40-58(41-33-51)65(55-20-11-4-12-21-55)59-42-34-52(35-43-59)60-22-13-23-62-61(60)44-45-63(62)53-16-7-2-8-17-53/h1-12,14-22,24-45,61-62H,13,23H2. The fourth-order valence-corrected chi connectivity index (χ4v) is 9.71. The Morgan fingerprint density at radius 1 is 0.323 bits per heavy atom. The maximum atomic E-state index is 2.47. The summed E-state index contributed by atoms with van der Waals surface area (Å²) in [6, 6.07) is 87.9. The Morgan fingerprint density at radius 3 is 1.06 bits per heavy atom. The van der Waals surface area contributed by atoms with Gasteiger partial charge in [-0.15, -0.1) is 0 Å². The molecular formula is C62H49N3. The molecule has 65 heavy (non-hydrogen) atoms. The van der Waals surface area contributed by atoms with E-state index in [0.717, 1.165) is 47.0 Å². The van der Waals surface area contributed by atoms with Crippen LogP contribution in [0.4, 0.5) is 39.8 Å². The van der Waals surface area contributed by atoms with Gasteiger partial charge in [0.25, 0.3) is 0 Å². The molecule has 0 fully saturated rings. The van der Waals surface area contributed by atoms with Gasteiger partial charge in [0.2, 0.25) is 0 Å². The summed E-state index contributed by atoms with van der Waals surface area (Å²) in [6.07, 6.45) is 9.39. The summed E-state index contributed by atoms with van der Waals surface area (Å²) in [4.78, 5) is 7.13. The van der Waals surface area contributed by atoms with Crippen LogP contribution in [0.3, 0.4) is 0 Å². The predicted octanol–water partition coefficient (Wildman–Crippen LogP) is 16.8. The number of fused-ring (bicyclic) bond motifs is 1. The molecule has 0 radical (unpaired) electrons. The molecule has 0 amide bonds. The third-order valence-electron chi connectivity index (χ3n) is 13.0. The van der Waals surface area contributed by atoms with Crippen LogP contribution < -0.4 is 14.7 Å². The average molecular weight is 836 g/mol. The van der Waals surface area contributed by atoms with Crippen LogP contribution in [0.25, 0.3) is 39.0 Å². The third-order valence-corrected chi connectivity index (χ3v) is 13.0. The number of hydrogen-bond donors (Lipinski definition) is 0. The Morgan fingerprint density at radius 2 is 0.646 bits per heavy atom. The zero-order chi connectivity index (χ0) is 43.4. The maximum absolute atomic E-state index is 2.47. The average Bonchev–Trinajstić information content (AvgIpc) is 3.84. The highest BCUT2D eigenvalue weighted by Crippen LogP contribution is 2.44. The quantitative estimate of drug-likeness (QED) is 0.129. The minimum atomic E-state index is 0.382. The molecule has 312 valence electrons. The predicted molar refractivity (Wildman–Crippen MR) is 275 cm³/mol. The summed E-state index contributed by atoms with van der Waals surface area (Å²) in [5, 5.41) is 0. The van der Waals surface area contributed by atoms with Crippen LogP contribution in [0.2, 0.25) is 0 Å². The van der Waals surface area contributed by atoms with Crippen molar-refractivity contribution in [3.05, 3.63) is 267 Å². The van der Waals surface area contributed by atoms with Gasteiger partial charge >= 0.3 is 0 Å². The summed E-state index contributed by atoms with van der Waals surface area (Å²) in [6.45, 7) is 0. The van der Waals surface area contributed by atoms with Crippen molar-refractivity contribution in [2.45, 2.75) is 18.9 Å². The van der Waals surface area contributed by atoms with Crippen molar-refractivity contribution < 1.29 is 0 Å². The molecule has 11 rings (SSSR count). The molecule has 3 nitrogen and oxygen atoms in total. The molecule has 0 bridgehead atoms. The number of anilines is 7. The first-order chi connectivity index (χ1) is 32.2. The van der Waals surface area contributed by atoms with E-state index in [-0.39, 0.29) is 0 Å². The first-order valence-corrected chi connectivity index (χ1v) is 22.7. The second-order valence-electron chi connectivity index (χ2n) is 16.9. The highest BCUT2D eigenvalue weighted by atomic mass is 15.2. The van der Waals surface area contributed by atoms with Gasteiger partial charge in [-0.1, -0.05) is 170 Å². The minimum Gasteiger partial charge on any atom is -0.344 e. The first kappa shape index (κ1) is 39.7. The molecule has 1 heterocycles.